The monoisotopic (exact) mass is 326 g/mol. The molecule has 0 saturated heterocycles. The summed E-state index contributed by atoms with van der Waals surface area (Å²) < 4.78 is 0. The molecule has 0 aliphatic heterocycles. The number of fused-ring (bicyclic) bond motifs is 1. The maximum Gasteiger partial charge on any atom is 0.219 e. The third kappa shape index (κ3) is 3.25. The maximum atomic E-state index is 11.7. The Balaban J connectivity index is 2.04. The zero-order valence-electron chi connectivity index (χ0n) is 13.0. The second kappa shape index (κ2) is 6.88. The third-order valence-electron chi connectivity index (χ3n) is 4.10. The van der Waals surface area contributed by atoms with Crippen LogP contribution in [0.2, 0.25) is 5.02 Å². The number of carbonyl (C=O) groups excluding carboxylic acids is 1. The fourth-order valence-corrected chi connectivity index (χ4v) is 3.14. The molecule has 1 amide bonds. The van der Waals surface area contributed by atoms with Crippen molar-refractivity contribution in [2.45, 2.75) is 19.3 Å². The van der Waals surface area contributed by atoms with Gasteiger partial charge in [0, 0.05) is 41.0 Å². The van der Waals surface area contributed by atoms with Gasteiger partial charge in [-0.1, -0.05) is 54.9 Å². The van der Waals surface area contributed by atoms with Crippen LogP contribution in [0.1, 0.15) is 30.4 Å². The number of H-pyrrole nitrogens is 1. The number of aromatic amines is 1. The predicted molar refractivity (Wildman–Crippen MR) is 94.9 cm³/mol. The largest absolute Gasteiger partial charge is 0.361 e. The predicted octanol–water partition coefficient (Wildman–Crippen LogP) is 4.48. The van der Waals surface area contributed by atoms with E-state index >= 15 is 0 Å². The molecule has 118 valence electrons. The Hall–Kier alpha value is -2.26. The number of aromatic nitrogens is 1. The summed E-state index contributed by atoms with van der Waals surface area (Å²) in [5.74, 6) is 0.0530. The summed E-state index contributed by atoms with van der Waals surface area (Å²) in [6, 6.07) is 16.0. The van der Waals surface area contributed by atoms with E-state index in [1.807, 2.05) is 55.6 Å². The van der Waals surface area contributed by atoms with Gasteiger partial charge in [0.2, 0.25) is 5.91 Å². The highest BCUT2D eigenvalue weighted by Crippen LogP contribution is 2.33. The Bertz CT molecular complexity index is 825. The SMILES string of the molecule is CCC(=O)NCC(c1ccccc1Cl)c1c[nH]c2ccccc12. The molecule has 0 radical (unpaired) electrons. The molecule has 0 aliphatic rings. The minimum atomic E-state index is 0.00958. The summed E-state index contributed by atoms with van der Waals surface area (Å²) in [7, 11) is 0. The molecule has 23 heavy (non-hydrogen) atoms. The van der Waals surface area contributed by atoms with Gasteiger partial charge in [-0.2, -0.15) is 0 Å². The molecule has 4 heteroatoms. The first kappa shape index (κ1) is 15.6. The van der Waals surface area contributed by atoms with Crippen molar-refractivity contribution >= 4 is 28.4 Å². The summed E-state index contributed by atoms with van der Waals surface area (Å²) in [5, 5.41) is 4.87. The van der Waals surface area contributed by atoms with Crippen molar-refractivity contribution in [2.24, 2.45) is 0 Å². The van der Waals surface area contributed by atoms with Gasteiger partial charge in [-0.3, -0.25) is 4.79 Å². The van der Waals surface area contributed by atoms with Crippen LogP contribution in [-0.2, 0) is 4.79 Å². The van der Waals surface area contributed by atoms with E-state index in [-0.39, 0.29) is 11.8 Å². The second-order valence-electron chi connectivity index (χ2n) is 5.52. The molecule has 3 rings (SSSR count). The van der Waals surface area contributed by atoms with Crippen molar-refractivity contribution in [3.8, 4) is 0 Å². The van der Waals surface area contributed by atoms with Gasteiger partial charge >= 0.3 is 0 Å². The van der Waals surface area contributed by atoms with Crippen molar-refractivity contribution in [2.75, 3.05) is 6.54 Å². The second-order valence-corrected chi connectivity index (χ2v) is 5.93. The van der Waals surface area contributed by atoms with E-state index in [1.54, 1.807) is 0 Å². The van der Waals surface area contributed by atoms with Gasteiger partial charge in [-0.05, 0) is 23.3 Å². The van der Waals surface area contributed by atoms with Crippen LogP contribution in [0.5, 0.6) is 0 Å². The third-order valence-corrected chi connectivity index (χ3v) is 4.45. The fraction of sp³-hybridized carbons (Fsp3) is 0.211. The fourth-order valence-electron chi connectivity index (χ4n) is 2.87. The molecule has 1 heterocycles. The molecule has 2 N–H and O–H groups in total. The Morgan fingerprint density at radius 1 is 1.13 bits per heavy atom. The highest BCUT2D eigenvalue weighted by molar-refractivity contribution is 6.31. The number of nitrogens with one attached hydrogen (secondary N) is 2. The average molecular weight is 327 g/mol. The lowest BCUT2D eigenvalue weighted by Crippen LogP contribution is -2.28. The topological polar surface area (TPSA) is 44.9 Å². The molecule has 1 aromatic heterocycles. The van der Waals surface area contributed by atoms with Crippen LogP contribution in [-0.4, -0.2) is 17.4 Å². The molecule has 0 aliphatic carbocycles. The maximum absolute atomic E-state index is 11.7. The van der Waals surface area contributed by atoms with Gasteiger partial charge in [0.1, 0.15) is 0 Å². The molecule has 0 fully saturated rings. The van der Waals surface area contributed by atoms with E-state index in [4.69, 9.17) is 11.6 Å². The van der Waals surface area contributed by atoms with Gasteiger partial charge in [-0.25, -0.2) is 0 Å². The normalized spacial score (nSPS) is 12.3. The highest BCUT2D eigenvalue weighted by Gasteiger charge is 2.20. The summed E-state index contributed by atoms with van der Waals surface area (Å²) in [6.07, 6.45) is 2.49. The van der Waals surface area contributed by atoms with Crippen LogP contribution in [0.25, 0.3) is 10.9 Å². The molecule has 3 nitrogen and oxygen atoms in total. The number of amides is 1. The van der Waals surface area contributed by atoms with E-state index in [1.165, 1.54) is 0 Å². The number of benzene rings is 2. The van der Waals surface area contributed by atoms with Crippen LogP contribution in [0.4, 0.5) is 0 Å². The van der Waals surface area contributed by atoms with Gasteiger partial charge in [0.05, 0.1) is 0 Å². The Labute approximate surface area is 140 Å². The van der Waals surface area contributed by atoms with Crippen LogP contribution in [0.15, 0.2) is 54.7 Å². The average Bonchev–Trinajstić information content (AvgIpc) is 3.00. The number of halogens is 1. The van der Waals surface area contributed by atoms with E-state index in [0.29, 0.717) is 18.0 Å². The molecular weight excluding hydrogens is 308 g/mol. The Morgan fingerprint density at radius 3 is 2.65 bits per heavy atom. The molecule has 0 bridgehead atoms. The number of hydrogen-bond donors (Lipinski definition) is 2. The standard InChI is InChI=1S/C19H19ClN2O/c1-2-19(23)22-12-15(13-7-3-5-9-17(13)20)16-11-21-18-10-6-4-8-14(16)18/h3-11,15,21H,2,12H2,1H3,(H,22,23). The zero-order chi connectivity index (χ0) is 16.2. The molecule has 0 saturated carbocycles. The number of rotatable bonds is 5. The summed E-state index contributed by atoms with van der Waals surface area (Å²) in [4.78, 5) is 15.0. The van der Waals surface area contributed by atoms with Gasteiger partial charge in [0.25, 0.3) is 0 Å². The molecular formula is C19H19ClN2O. The molecule has 1 atom stereocenters. The Kier molecular flexibility index (Phi) is 4.68. The van der Waals surface area contributed by atoms with Crippen molar-refractivity contribution in [3.63, 3.8) is 0 Å². The molecule has 2 aromatic carbocycles. The van der Waals surface area contributed by atoms with Crippen LogP contribution in [0.3, 0.4) is 0 Å². The lowest BCUT2D eigenvalue weighted by atomic mass is 9.90. The summed E-state index contributed by atoms with van der Waals surface area (Å²) in [6.45, 7) is 2.38. The van der Waals surface area contributed by atoms with E-state index < -0.39 is 0 Å². The van der Waals surface area contributed by atoms with Crippen LogP contribution < -0.4 is 5.32 Å². The first-order chi connectivity index (χ1) is 11.2. The van der Waals surface area contributed by atoms with Crippen molar-refractivity contribution in [1.29, 1.82) is 0 Å². The molecule has 1 unspecified atom stereocenters. The van der Waals surface area contributed by atoms with Gasteiger partial charge in [-0.15, -0.1) is 0 Å². The first-order valence-electron chi connectivity index (χ1n) is 7.77. The lowest BCUT2D eigenvalue weighted by Gasteiger charge is -2.19. The van der Waals surface area contributed by atoms with E-state index in [9.17, 15) is 4.79 Å². The minimum absolute atomic E-state index is 0.00958. The smallest absolute Gasteiger partial charge is 0.219 e. The van der Waals surface area contributed by atoms with Crippen molar-refractivity contribution in [1.82, 2.24) is 10.3 Å². The number of hydrogen-bond acceptors (Lipinski definition) is 1. The first-order valence-corrected chi connectivity index (χ1v) is 8.15. The van der Waals surface area contributed by atoms with E-state index in [2.05, 4.69) is 16.4 Å². The van der Waals surface area contributed by atoms with Crippen molar-refractivity contribution in [3.05, 3.63) is 70.9 Å². The number of para-hydroxylation sites is 1. The molecule has 3 aromatic rings. The van der Waals surface area contributed by atoms with Gasteiger partial charge < -0.3 is 10.3 Å². The summed E-state index contributed by atoms with van der Waals surface area (Å²) in [5.41, 5.74) is 3.25. The summed E-state index contributed by atoms with van der Waals surface area (Å²) >= 11 is 6.41. The zero-order valence-corrected chi connectivity index (χ0v) is 13.7. The van der Waals surface area contributed by atoms with Gasteiger partial charge in [0.15, 0.2) is 0 Å². The minimum Gasteiger partial charge on any atom is -0.361 e. The lowest BCUT2D eigenvalue weighted by molar-refractivity contribution is -0.120. The van der Waals surface area contributed by atoms with Crippen molar-refractivity contribution < 1.29 is 4.79 Å². The highest BCUT2D eigenvalue weighted by atomic mass is 35.5. The van der Waals surface area contributed by atoms with Crippen LogP contribution >= 0.6 is 11.6 Å². The quantitative estimate of drug-likeness (QED) is 0.713. The Morgan fingerprint density at radius 2 is 1.87 bits per heavy atom. The number of carbonyl (C=O) groups is 1. The van der Waals surface area contributed by atoms with Crippen LogP contribution in [0, 0.1) is 0 Å². The molecule has 0 spiro atoms. The van der Waals surface area contributed by atoms with E-state index in [0.717, 1.165) is 22.0 Å².